The lowest BCUT2D eigenvalue weighted by Crippen LogP contribution is -2.18. The zero-order valence-electron chi connectivity index (χ0n) is 10.2. The van der Waals surface area contributed by atoms with Gasteiger partial charge in [-0.3, -0.25) is 20.5 Å². The summed E-state index contributed by atoms with van der Waals surface area (Å²) < 4.78 is 27.0. The van der Waals surface area contributed by atoms with Gasteiger partial charge < -0.3 is 5.43 Å². The van der Waals surface area contributed by atoms with Gasteiger partial charge in [0.25, 0.3) is 10.0 Å². The van der Waals surface area contributed by atoms with E-state index in [1.807, 2.05) is 0 Å². The molecule has 2 aromatic heterocycles. The van der Waals surface area contributed by atoms with E-state index >= 15 is 0 Å². The van der Waals surface area contributed by atoms with Gasteiger partial charge >= 0.3 is 0 Å². The highest BCUT2D eigenvalue weighted by Crippen LogP contribution is 2.22. The Morgan fingerprint density at radius 2 is 1.79 bits per heavy atom. The predicted molar refractivity (Wildman–Crippen MR) is 71.8 cm³/mol. The standard InChI is InChI=1S/C11H13N5O2S/c1-8-2-4-13-6-10(8)16-19(17,18)11-7-14-5-3-9(11)15-12/h2-7,16H,12H2,1H3,(H,14,15). The molecule has 2 heterocycles. The number of sulfonamides is 1. The topological polar surface area (TPSA) is 110 Å². The Labute approximate surface area is 110 Å². The highest BCUT2D eigenvalue weighted by atomic mass is 32.2. The normalized spacial score (nSPS) is 11.1. The van der Waals surface area contributed by atoms with Crippen LogP contribution in [0.25, 0.3) is 0 Å². The van der Waals surface area contributed by atoms with Gasteiger partial charge in [0.15, 0.2) is 0 Å². The van der Waals surface area contributed by atoms with Crippen molar-refractivity contribution >= 4 is 21.4 Å². The predicted octanol–water partition coefficient (Wildman–Crippen LogP) is 0.871. The molecule has 0 fully saturated rings. The van der Waals surface area contributed by atoms with E-state index in [0.29, 0.717) is 5.69 Å². The maximum absolute atomic E-state index is 12.3. The highest BCUT2D eigenvalue weighted by molar-refractivity contribution is 7.92. The van der Waals surface area contributed by atoms with Crippen LogP contribution in [-0.4, -0.2) is 18.4 Å². The van der Waals surface area contributed by atoms with E-state index in [9.17, 15) is 8.42 Å². The number of pyridine rings is 2. The van der Waals surface area contributed by atoms with Gasteiger partial charge in [0.1, 0.15) is 4.90 Å². The average Bonchev–Trinajstić information content (AvgIpc) is 2.41. The SMILES string of the molecule is Cc1ccncc1NS(=O)(=O)c1cnccc1NN. The Balaban J connectivity index is 2.41. The fourth-order valence-corrected chi connectivity index (χ4v) is 2.71. The van der Waals surface area contributed by atoms with Gasteiger partial charge in [0.2, 0.25) is 0 Å². The Bertz CT molecular complexity index is 687. The van der Waals surface area contributed by atoms with Gasteiger partial charge in [0, 0.05) is 18.6 Å². The van der Waals surface area contributed by atoms with Crippen molar-refractivity contribution in [3.63, 3.8) is 0 Å². The van der Waals surface area contributed by atoms with Crippen molar-refractivity contribution in [2.24, 2.45) is 5.84 Å². The maximum Gasteiger partial charge on any atom is 0.265 e. The summed E-state index contributed by atoms with van der Waals surface area (Å²) in [6.45, 7) is 1.78. The second-order valence-electron chi connectivity index (χ2n) is 3.81. The second kappa shape index (κ2) is 5.21. The van der Waals surface area contributed by atoms with Crippen molar-refractivity contribution in [1.29, 1.82) is 0 Å². The molecule has 8 heteroatoms. The van der Waals surface area contributed by atoms with Gasteiger partial charge in [0.05, 0.1) is 17.6 Å². The number of nitrogens with one attached hydrogen (secondary N) is 2. The molecule has 100 valence electrons. The molecule has 0 unspecified atom stereocenters. The largest absolute Gasteiger partial charge is 0.323 e. The smallest absolute Gasteiger partial charge is 0.265 e. The molecular weight excluding hydrogens is 266 g/mol. The number of nitrogen functional groups attached to an aromatic ring is 1. The average molecular weight is 279 g/mol. The molecular formula is C11H13N5O2S. The molecule has 0 bridgehead atoms. The molecule has 0 saturated heterocycles. The fourth-order valence-electron chi connectivity index (χ4n) is 1.48. The zero-order chi connectivity index (χ0) is 13.9. The number of nitrogens with two attached hydrogens (primary N) is 1. The highest BCUT2D eigenvalue weighted by Gasteiger charge is 2.19. The Kier molecular flexibility index (Phi) is 3.63. The van der Waals surface area contributed by atoms with Crippen molar-refractivity contribution in [3.05, 3.63) is 42.5 Å². The lowest BCUT2D eigenvalue weighted by molar-refractivity contribution is 0.601. The van der Waals surface area contributed by atoms with Crippen LogP contribution in [0.3, 0.4) is 0 Å². The number of aromatic nitrogens is 2. The first-order chi connectivity index (χ1) is 9.04. The first-order valence-corrected chi connectivity index (χ1v) is 6.87. The van der Waals surface area contributed by atoms with E-state index in [1.54, 1.807) is 19.2 Å². The monoisotopic (exact) mass is 279 g/mol. The third-order valence-electron chi connectivity index (χ3n) is 2.51. The summed E-state index contributed by atoms with van der Waals surface area (Å²) in [5.74, 6) is 5.29. The van der Waals surface area contributed by atoms with Gasteiger partial charge in [-0.15, -0.1) is 0 Å². The number of aryl methyl sites for hydroxylation is 1. The van der Waals surface area contributed by atoms with E-state index in [0.717, 1.165) is 5.56 Å². The molecule has 0 radical (unpaired) electrons. The van der Waals surface area contributed by atoms with Crippen LogP contribution < -0.4 is 16.0 Å². The molecule has 0 saturated carbocycles. The summed E-state index contributed by atoms with van der Waals surface area (Å²) in [5, 5.41) is 0. The first-order valence-electron chi connectivity index (χ1n) is 5.38. The zero-order valence-corrected chi connectivity index (χ0v) is 11.0. The van der Waals surface area contributed by atoms with Crippen molar-refractivity contribution < 1.29 is 8.42 Å². The Hall–Kier alpha value is -2.19. The van der Waals surface area contributed by atoms with Crippen molar-refractivity contribution in [1.82, 2.24) is 9.97 Å². The molecule has 0 atom stereocenters. The van der Waals surface area contributed by atoms with Crippen molar-refractivity contribution in [2.75, 3.05) is 10.1 Å². The van der Waals surface area contributed by atoms with Gasteiger partial charge in [-0.1, -0.05) is 0 Å². The molecule has 0 aromatic carbocycles. The van der Waals surface area contributed by atoms with Crippen LogP contribution in [0, 0.1) is 6.92 Å². The fraction of sp³-hybridized carbons (Fsp3) is 0.0909. The van der Waals surface area contributed by atoms with E-state index in [4.69, 9.17) is 5.84 Å². The quantitative estimate of drug-likeness (QED) is 0.566. The van der Waals surface area contributed by atoms with Crippen molar-refractivity contribution in [3.8, 4) is 0 Å². The van der Waals surface area contributed by atoms with Crippen LogP contribution in [0.1, 0.15) is 5.56 Å². The van der Waals surface area contributed by atoms with Crippen LogP contribution in [0.2, 0.25) is 0 Å². The lowest BCUT2D eigenvalue weighted by atomic mass is 10.3. The molecule has 7 nitrogen and oxygen atoms in total. The summed E-state index contributed by atoms with van der Waals surface area (Å²) >= 11 is 0. The number of nitrogens with zero attached hydrogens (tertiary/aromatic N) is 2. The van der Waals surface area contributed by atoms with Crippen LogP contribution in [0.5, 0.6) is 0 Å². The molecule has 0 aliphatic heterocycles. The van der Waals surface area contributed by atoms with Gasteiger partial charge in [-0.25, -0.2) is 8.42 Å². The Morgan fingerprint density at radius 3 is 2.47 bits per heavy atom. The van der Waals surface area contributed by atoms with Gasteiger partial charge in [-0.05, 0) is 24.6 Å². The van der Waals surface area contributed by atoms with E-state index < -0.39 is 10.0 Å². The molecule has 2 aromatic rings. The van der Waals surface area contributed by atoms with Crippen molar-refractivity contribution in [2.45, 2.75) is 11.8 Å². The third-order valence-corrected chi connectivity index (χ3v) is 3.91. The molecule has 4 N–H and O–H groups in total. The number of anilines is 2. The van der Waals surface area contributed by atoms with Crippen LogP contribution in [0.15, 0.2) is 41.8 Å². The number of hydrazine groups is 1. The molecule has 0 aliphatic rings. The third kappa shape index (κ3) is 2.80. The first kappa shape index (κ1) is 13.2. The molecule has 19 heavy (non-hydrogen) atoms. The van der Waals surface area contributed by atoms with Crippen LogP contribution >= 0.6 is 0 Å². The lowest BCUT2D eigenvalue weighted by Gasteiger charge is -2.12. The Morgan fingerprint density at radius 1 is 1.11 bits per heavy atom. The van der Waals surface area contributed by atoms with Crippen LogP contribution in [-0.2, 0) is 10.0 Å². The maximum atomic E-state index is 12.3. The number of rotatable bonds is 4. The molecule has 0 aliphatic carbocycles. The number of hydrogen-bond acceptors (Lipinski definition) is 6. The van der Waals surface area contributed by atoms with Crippen LogP contribution in [0.4, 0.5) is 11.4 Å². The summed E-state index contributed by atoms with van der Waals surface area (Å²) in [6.07, 6.45) is 5.70. The minimum absolute atomic E-state index is 0.0271. The summed E-state index contributed by atoms with van der Waals surface area (Å²) in [6, 6.07) is 3.19. The summed E-state index contributed by atoms with van der Waals surface area (Å²) in [4.78, 5) is 7.65. The second-order valence-corrected chi connectivity index (χ2v) is 5.46. The summed E-state index contributed by atoms with van der Waals surface area (Å²) in [7, 11) is -3.77. The van der Waals surface area contributed by atoms with E-state index in [1.165, 1.54) is 24.7 Å². The van der Waals surface area contributed by atoms with E-state index in [-0.39, 0.29) is 10.6 Å². The summed E-state index contributed by atoms with van der Waals surface area (Å²) in [5.41, 5.74) is 3.77. The minimum atomic E-state index is -3.77. The minimum Gasteiger partial charge on any atom is -0.323 e. The molecule has 0 spiro atoms. The van der Waals surface area contributed by atoms with E-state index in [2.05, 4.69) is 20.1 Å². The molecule has 0 amide bonds. The van der Waals surface area contributed by atoms with Gasteiger partial charge in [-0.2, -0.15) is 0 Å². The number of hydrogen-bond donors (Lipinski definition) is 3. The molecule has 2 rings (SSSR count).